The van der Waals surface area contributed by atoms with Gasteiger partial charge in [-0.3, -0.25) is 4.79 Å². The molecule has 0 saturated carbocycles. The van der Waals surface area contributed by atoms with Crippen LogP contribution in [-0.2, 0) is 11.3 Å². The molecule has 0 spiro atoms. The van der Waals surface area contributed by atoms with Gasteiger partial charge in [0.05, 0.1) is 5.75 Å². The predicted octanol–water partition coefficient (Wildman–Crippen LogP) is 1.55. The lowest BCUT2D eigenvalue weighted by Gasteiger charge is -2.07. The summed E-state index contributed by atoms with van der Waals surface area (Å²) in [4.78, 5) is 10.6. The van der Waals surface area contributed by atoms with Gasteiger partial charge in [-0.05, 0) is 19.1 Å². The van der Waals surface area contributed by atoms with Crippen molar-refractivity contribution in [1.82, 2.24) is 14.8 Å². The SMILES string of the molecule is CCn1c(SCC(=O)O)nnc1-c1cc(O)cc(O)c1. The van der Waals surface area contributed by atoms with Crippen LogP contribution >= 0.6 is 11.8 Å². The number of thioether (sulfide) groups is 1. The molecule has 0 bridgehead atoms. The molecule has 0 radical (unpaired) electrons. The van der Waals surface area contributed by atoms with E-state index in [1.165, 1.54) is 18.2 Å². The van der Waals surface area contributed by atoms with Gasteiger partial charge in [0.25, 0.3) is 0 Å². The number of aromatic nitrogens is 3. The van der Waals surface area contributed by atoms with Crippen molar-refractivity contribution in [3.05, 3.63) is 18.2 Å². The van der Waals surface area contributed by atoms with Crippen LogP contribution in [0.15, 0.2) is 23.4 Å². The molecule has 2 rings (SSSR count). The van der Waals surface area contributed by atoms with Gasteiger partial charge in [-0.1, -0.05) is 11.8 Å². The van der Waals surface area contributed by atoms with Gasteiger partial charge in [-0.25, -0.2) is 0 Å². The molecular weight excluding hydrogens is 282 g/mol. The number of aliphatic carboxylic acids is 1. The lowest BCUT2D eigenvalue weighted by molar-refractivity contribution is -0.133. The monoisotopic (exact) mass is 295 g/mol. The Labute approximate surface area is 118 Å². The Morgan fingerprint density at radius 3 is 2.45 bits per heavy atom. The fourth-order valence-electron chi connectivity index (χ4n) is 1.74. The standard InChI is InChI=1S/C12H13N3O4S/c1-2-15-11(7-3-8(16)5-9(17)4-7)13-14-12(15)20-6-10(18)19/h3-5,16-17H,2,6H2,1H3,(H,18,19). The molecule has 0 fully saturated rings. The summed E-state index contributed by atoms with van der Waals surface area (Å²) in [6, 6.07) is 4.14. The van der Waals surface area contributed by atoms with Gasteiger partial charge in [0.1, 0.15) is 11.5 Å². The summed E-state index contributed by atoms with van der Waals surface area (Å²) in [7, 11) is 0. The smallest absolute Gasteiger partial charge is 0.313 e. The Morgan fingerprint density at radius 1 is 1.25 bits per heavy atom. The van der Waals surface area contributed by atoms with E-state index in [4.69, 9.17) is 5.11 Å². The minimum Gasteiger partial charge on any atom is -0.508 e. The van der Waals surface area contributed by atoms with Gasteiger partial charge < -0.3 is 19.9 Å². The lowest BCUT2D eigenvalue weighted by atomic mass is 10.2. The number of hydrogen-bond donors (Lipinski definition) is 3. The Balaban J connectivity index is 2.39. The molecule has 0 aliphatic rings. The fraction of sp³-hybridized carbons (Fsp3) is 0.250. The quantitative estimate of drug-likeness (QED) is 0.718. The molecule has 1 aromatic heterocycles. The zero-order valence-electron chi connectivity index (χ0n) is 10.6. The van der Waals surface area contributed by atoms with Crippen LogP contribution in [0.1, 0.15) is 6.92 Å². The van der Waals surface area contributed by atoms with E-state index in [0.717, 1.165) is 11.8 Å². The van der Waals surface area contributed by atoms with E-state index in [-0.39, 0.29) is 17.3 Å². The highest BCUT2D eigenvalue weighted by molar-refractivity contribution is 7.99. The summed E-state index contributed by atoms with van der Waals surface area (Å²) in [5.74, 6) is -0.733. The first-order chi connectivity index (χ1) is 9.51. The first-order valence-corrected chi connectivity index (χ1v) is 6.81. The number of benzene rings is 1. The molecule has 106 valence electrons. The van der Waals surface area contributed by atoms with Crippen molar-refractivity contribution >= 4 is 17.7 Å². The van der Waals surface area contributed by atoms with Gasteiger partial charge in [-0.2, -0.15) is 0 Å². The Morgan fingerprint density at radius 2 is 1.90 bits per heavy atom. The second-order valence-electron chi connectivity index (χ2n) is 3.97. The van der Waals surface area contributed by atoms with Gasteiger partial charge in [0, 0.05) is 18.2 Å². The number of carbonyl (C=O) groups is 1. The second-order valence-corrected chi connectivity index (χ2v) is 4.91. The first kappa shape index (κ1) is 14.2. The van der Waals surface area contributed by atoms with Crippen LogP contribution in [0.5, 0.6) is 11.5 Å². The van der Waals surface area contributed by atoms with E-state index in [9.17, 15) is 15.0 Å². The molecule has 0 saturated heterocycles. The minimum absolute atomic E-state index is 0.0783. The zero-order valence-corrected chi connectivity index (χ0v) is 11.5. The van der Waals surface area contributed by atoms with E-state index in [1.807, 2.05) is 6.92 Å². The second kappa shape index (κ2) is 5.83. The maximum atomic E-state index is 10.6. The van der Waals surface area contributed by atoms with Crippen molar-refractivity contribution in [3.63, 3.8) is 0 Å². The molecule has 0 aliphatic heterocycles. The molecule has 1 heterocycles. The summed E-state index contributed by atoms with van der Waals surface area (Å²) in [6.07, 6.45) is 0. The average molecular weight is 295 g/mol. The van der Waals surface area contributed by atoms with Gasteiger partial charge >= 0.3 is 5.97 Å². The van der Waals surface area contributed by atoms with E-state index in [1.54, 1.807) is 4.57 Å². The van der Waals surface area contributed by atoms with Crippen LogP contribution in [0.25, 0.3) is 11.4 Å². The molecular formula is C12H13N3O4S. The molecule has 3 N–H and O–H groups in total. The van der Waals surface area contributed by atoms with Crippen LogP contribution < -0.4 is 0 Å². The molecule has 7 nitrogen and oxygen atoms in total. The van der Waals surface area contributed by atoms with Gasteiger partial charge in [-0.15, -0.1) is 10.2 Å². The number of phenolic OH excluding ortho intramolecular Hbond substituents is 2. The highest BCUT2D eigenvalue weighted by atomic mass is 32.2. The number of rotatable bonds is 5. The molecule has 0 amide bonds. The van der Waals surface area contributed by atoms with Crippen molar-refractivity contribution in [2.75, 3.05) is 5.75 Å². The Hall–Kier alpha value is -2.22. The highest BCUT2D eigenvalue weighted by Crippen LogP contribution is 2.29. The van der Waals surface area contributed by atoms with Crippen molar-refractivity contribution in [1.29, 1.82) is 0 Å². The summed E-state index contributed by atoms with van der Waals surface area (Å²) >= 11 is 1.07. The van der Waals surface area contributed by atoms with Crippen LogP contribution in [0.4, 0.5) is 0 Å². The summed E-state index contributed by atoms with van der Waals surface area (Å²) in [5, 5.41) is 36.1. The van der Waals surface area contributed by atoms with Crippen LogP contribution in [0, 0.1) is 0 Å². The summed E-state index contributed by atoms with van der Waals surface area (Å²) in [6.45, 7) is 2.42. The fourth-order valence-corrected chi connectivity index (χ4v) is 2.47. The molecule has 8 heteroatoms. The van der Waals surface area contributed by atoms with E-state index >= 15 is 0 Å². The minimum atomic E-state index is -0.933. The van der Waals surface area contributed by atoms with Crippen molar-refractivity contribution in [2.45, 2.75) is 18.6 Å². The van der Waals surface area contributed by atoms with Gasteiger partial charge in [0.2, 0.25) is 0 Å². The van der Waals surface area contributed by atoms with E-state index in [2.05, 4.69) is 10.2 Å². The topological polar surface area (TPSA) is 108 Å². The third kappa shape index (κ3) is 3.02. The third-order valence-electron chi connectivity index (χ3n) is 2.52. The first-order valence-electron chi connectivity index (χ1n) is 5.82. The highest BCUT2D eigenvalue weighted by Gasteiger charge is 2.15. The molecule has 0 aliphatic carbocycles. The van der Waals surface area contributed by atoms with Crippen LogP contribution in [0.3, 0.4) is 0 Å². The number of aromatic hydroxyl groups is 2. The molecule has 1 aromatic carbocycles. The Bertz CT molecular complexity index is 621. The normalized spacial score (nSPS) is 10.7. The number of carboxylic acids is 1. The third-order valence-corrected chi connectivity index (χ3v) is 3.47. The van der Waals surface area contributed by atoms with Crippen LogP contribution in [0.2, 0.25) is 0 Å². The average Bonchev–Trinajstić information content (AvgIpc) is 2.77. The predicted molar refractivity (Wildman–Crippen MR) is 72.8 cm³/mol. The largest absolute Gasteiger partial charge is 0.508 e. The zero-order chi connectivity index (χ0) is 14.7. The van der Waals surface area contributed by atoms with Gasteiger partial charge in [0.15, 0.2) is 11.0 Å². The van der Waals surface area contributed by atoms with E-state index in [0.29, 0.717) is 23.1 Å². The maximum absolute atomic E-state index is 10.6. The molecule has 2 aromatic rings. The Kier molecular flexibility index (Phi) is 4.14. The number of carboxylic acid groups (broad SMARTS) is 1. The van der Waals surface area contributed by atoms with Crippen molar-refractivity contribution in [3.8, 4) is 22.9 Å². The summed E-state index contributed by atoms with van der Waals surface area (Å²) < 4.78 is 1.72. The number of nitrogens with zero attached hydrogens (tertiary/aromatic N) is 3. The maximum Gasteiger partial charge on any atom is 0.313 e. The lowest BCUT2D eigenvalue weighted by Crippen LogP contribution is -2.03. The summed E-state index contributed by atoms with van der Waals surface area (Å²) in [5.41, 5.74) is 0.513. The number of phenols is 2. The molecule has 0 atom stereocenters. The molecule has 0 unspecified atom stereocenters. The van der Waals surface area contributed by atoms with Crippen molar-refractivity contribution < 1.29 is 20.1 Å². The molecule has 20 heavy (non-hydrogen) atoms. The number of hydrogen-bond acceptors (Lipinski definition) is 6. The van der Waals surface area contributed by atoms with Crippen molar-refractivity contribution in [2.24, 2.45) is 0 Å². The van der Waals surface area contributed by atoms with Crippen LogP contribution in [-0.4, -0.2) is 41.8 Å². The van der Waals surface area contributed by atoms with E-state index < -0.39 is 5.97 Å².